The first-order chi connectivity index (χ1) is 8.58. The van der Waals surface area contributed by atoms with Gasteiger partial charge in [-0.1, -0.05) is 59.1 Å². The molecule has 2 rings (SSSR count). The minimum Gasteiger partial charge on any atom is -0.377 e. The van der Waals surface area contributed by atoms with Gasteiger partial charge in [-0.15, -0.1) is 0 Å². The molecule has 1 atom stereocenters. The molecule has 0 fully saturated rings. The summed E-state index contributed by atoms with van der Waals surface area (Å²) in [5, 5.41) is 4.51. The fourth-order valence-corrected chi connectivity index (χ4v) is 2.14. The van der Waals surface area contributed by atoms with Crippen molar-refractivity contribution in [1.29, 1.82) is 0 Å². The Morgan fingerprint density at radius 1 is 1.00 bits per heavy atom. The Hall–Kier alpha value is -1.18. The summed E-state index contributed by atoms with van der Waals surface area (Å²) in [6.45, 7) is 4.18. The average Bonchev–Trinajstić information content (AvgIpc) is 2.36. The molecule has 0 saturated carbocycles. The van der Waals surface area contributed by atoms with E-state index in [9.17, 15) is 0 Å². The lowest BCUT2D eigenvalue weighted by atomic mass is 10.1. The minimum atomic E-state index is 0.182. The second-order valence-corrected chi connectivity index (χ2v) is 5.16. The first-order valence-corrected chi connectivity index (χ1v) is 6.60. The molecule has 2 aromatic carbocycles. The molecular weight excluding hydrogens is 265 g/mol. The largest absolute Gasteiger partial charge is 0.377 e. The Labute approximate surface area is 118 Å². The van der Waals surface area contributed by atoms with E-state index < -0.39 is 0 Å². The highest BCUT2D eigenvalue weighted by Gasteiger charge is 2.09. The van der Waals surface area contributed by atoms with Gasteiger partial charge in [-0.05, 0) is 31.5 Å². The number of aryl methyl sites for hydroxylation is 1. The van der Waals surface area contributed by atoms with Gasteiger partial charge in [0.25, 0.3) is 0 Å². The van der Waals surface area contributed by atoms with Gasteiger partial charge in [-0.25, -0.2) is 0 Å². The SMILES string of the molecule is Cc1ccc(C(C)Nc2cccc(Cl)c2Cl)cc1. The van der Waals surface area contributed by atoms with Gasteiger partial charge in [0, 0.05) is 6.04 Å². The molecule has 0 saturated heterocycles. The third kappa shape index (κ3) is 2.98. The molecule has 1 N–H and O–H groups in total. The molecule has 0 aromatic heterocycles. The molecule has 0 aliphatic heterocycles. The van der Waals surface area contributed by atoms with Gasteiger partial charge in [-0.3, -0.25) is 0 Å². The number of halogens is 2. The molecule has 94 valence electrons. The summed E-state index contributed by atoms with van der Waals surface area (Å²) < 4.78 is 0. The van der Waals surface area contributed by atoms with Crippen LogP contribution in [0.5, 0.6) is 0 Å². The Kier molecular flexibility index (Phi) is 4.15. The first-order valence-electron chi connectivity index (χ1n) is 5.85. The lowest BCUT2D eigenvalue weighted by Gasteiger charge is -2.17. The quantitative estimate of drug-likeness (QED) is 0.785. The van der Waals surface area contributed by atoms with Gasteiger partial charge in [0.15, 0.2) is 0 Å². The Balaban J connectivity index is 2.18. The van der Waals surface area contributed by atoms with Gasteiger partial charge in [0.05, 0.1) is 15.7 Å². The van der Waals surface area contributed by atoms with E-state index in [1.54, 1.807) is 6.07 Å². The van der Waals surface area contributed by atoms with Crippen molar-refractivity contribution in [3.63, 3.8) is 0 Å². The Morgan fingerprint density at radius 3 is 2.33 bits per heavy atom. The van der Waals surface area contributed by atoms with Crippen molar-refractivity contribution in [2.24, 2.45) is 0 Å². The molecular formula is C15H15Cl2N. The number of anilines is 1. The number of rotatable bonds is 3. The summed E-state index contributed by atoms with van der Waals surface area (Å²) in [5.41, 5.74) is 3.33. The second-order valence-electron chi connectivity index (χ2n) is 4.38. The molecule has 0 amide bonds. The molecule has 1 nitrogen and oxygen atoms in total. The van der Waals surface area contributed by atoms with Crippen LogP contribution < -0.4 is 5.32 Å². The molecule has 3 heteroatoms. The van der Waals surface area contributed by atoms with Crippen molar-refractivity contribution < 1.29 is 0 Å². The minimum absolute atomic E-state index is 0.182. The maximum atomic E-state index is 6.16. The number of benzene rings is 2. The van der Waals surface area contributed by atoms with E-state index in [4.69, 9.17) is 23.2 Å². The summed E-state index contributed by atoms with van der Waals surface area (Å²) in [6.07, 6.45) is 0. The van der Waals surface area contributed by atoms with Crippen LogP contribution in [0, 0.1) is 6.92 Å². The van der Waals surface area contributed by atoms with Crippen LogP contribution in [-0.2, 0) is 0 Å². The van der Waals surface area contributed by atoms with E-state index >= 15 is 0 Å². The first kappa shape index (κ1) is 13.3. The molecule has 0 spiro atoms. The standard InChI is InChI=1S/C15H15Cl2N/c1-10-6-8-12(9-7-10)11(2)18-14-5-3-4-13(16)15(14)17/h3-9,11,18H,1-2H3. The van der Waals surface area contributed by atoms with Crippen LogP contribution in [0.2, 0.25) is 10.0 Å². The summed E-state index contributed by atoms with van der Waals surface area (Å²) in [5.74, 6) is 0. The Bertz CT molecular complexity index is 535. The van der Waals surface area contributed by atoms with Crippen LogP contribution in [0.15, 0.2) is 42.5 Å². The van der Waals surface area contributed by atoms with E-state index in [1.165, 1.54) is 11.1 Å². The number of nitrogens with one attached hydrogen (secondary N) is 1. The maximum absolute atomic E-state index is 6.16. The van der Waals surface area contributed by atoms with Crippen LogP contribution in [0.3, 0.4) is 0 Å². The number of hydrogen-bond acceptors (Lipinski definition) is 1. The molecule has 0 heterocycles. The van der Waals surface area contributed by atoms with Crippen molar-refractivity contribution in [2.45, 2.75) is 19.9 Å². The van der Waals surface area contributed by atoms with E-state index in [2.05, 4.69) is 43.4 Å². The summed E-state index contributed by atoms with van der Waals surface area (Å²) in [4.78, 5) is 0. The topological polar surface area (TPSA) is 12.0 Å². The van der Waals surface area contributed by atoms with Crippen LogP contribution in [0.4, 0.5) is 5.69 Å². The van der Waals surface area contributed by atoms with E-state index in [-0.39, 0.29) is 6.04 Å². The molecule has 0 radical (unpaired) electrons. The van der Waals surface area contributed by atoms with Gasteiger partial charge in [-0.2, -0.15) is 0 Å². The van der Waals surface area contributed by atoms with Crippen molar-refractivity contribution >= 4 is 28.9 Å². The smallest absolute Gasteiger partial charge is 0.0823 e. The molecule has 0 aliphatic rings. The average molecular weight is 280 g/mol. The zero-order chi connectivity index (χ0) is 13.1. The van der Waals surface area contributed by atoms with Crippen molar-refractivity contribution in [1.82, 2.24) is 0 Å². The predicted molar refractivity (Wildman–Crippen MR) is 79.7 cm³/mol. The van der Waals surface area contributed by atoms with Crippen molar-refractivity contribution in [3.05, 3.63) is 63.6 Å². The highest BCUT2D eigenvalue weighted by atomic mass is 35.5. The lowest BCUT2D eigenvalue weighted by molar-refractivity contribution is 0.884. The zero-order valence-electron chi connectivity index (χ0n) is 10.4. The van der Waals surface area contributed by atoms with Crippen LogP contribution >= 0.6 is 23.2 Å². The van der Waals surface area contributed by atoms with E-state index in [0.29, 0.717) is 10.0 Å². The monoisotopic (exact) mass is 279 g/mol. The van der Waals surface area contributed by atoms with Crippen LogP contribution in [0.1, 0.15) is 24.1 Å². The highest BCUT2D eigenvalue weighted by molar-refractivity contribution is 6.43. The fraction of sp³-hybridized carbons (Fsp3) is 0.200. The second kappa shape index (κ2) is 5.64. The molecule has 0 bridgehead atoms. The molecule has 0 aliphatic carbocycles. The van der Waals surface area contributed by atoms with Crippen molar-refractivity contribution in [2.75, 3.05) is 5.32 Å². The third-order valence-electron chi connectivity index (χ3n) is 2.90. The van der Waals surface area contributed by atoms with Crippen LogP contribution in [0.25, 0.3) is 0 Å². The molecule has 1 unspecified atom stereocenters. The van der Waals surface area contributed by atoms with E-state index in [0.717, 1.165) is 5.69 Å². The summed E-state index contributed by atoms with van der Waals surface area (Å²) >= 11 is 12.1. The van der Waals surface area contributed by atoms with Crippen molar-refractivity contribution in [3.8, 4) is 0 Å². The van der Waals surface area contributed by atoms with Gasteiger partial charge in [0.1, 0.15) is 0 Å². The van der Waals surface area contributed by atoms with Gasteiger partial charge < -0.3 is 5.32 Å². The highest BCUT2D eigenvalue weighted by Crippen LogP contribution is 2.31. The Morgan fingerprint density at radius 2 is 1.67 bits per heavy atom. The molecule has 18 heavy (non-hydrogen) atoms. The fourth-order valence-electron chi connectivity index (χ4n) is 1.79. The summed E-state index contributed by atoms with van der Waals surface area (Å²) in [7, 11) is 0. The normalized spacial score (nSPS) is 12.2. The van der Waals surface area contributed by atoms with Crippen LogP contribution in [-0.4, -0.2) is 0 Å². The maximum Gasteiger partial charge on any atom is 0.0823 e. The zero-order valence-corrected chi connectivity index (χ0v) is 11.9. The lowest BCUT2D eigenvalue weighted by Crippen LogP contribution is -2.06. The molecule has 2 aromatic rings. The number of hydrogen-bond donors (Lipinski definition) is 1. The van der Waals surface area contributed by atoms with Gasteiger partial charge >= 0.3 is 0 Å². The predicted octanol–water partition coefficient (Wildman–Crippen LogP) is 5.47. The third-order valence-corrected chi connectivity index (χ3v) is 3.72. The van der Waals surface area contributed by atoms with E-state index in [1.807, 2.05) is 12.1 Å². The summed E-state index contributed by atoms with van der Waals surface area (Å²) in [6, 6.07) is 14.2. The van der Waals surface area contributed by atoms with Gasteiger partial charge in [0.2, 0.25) is 0 Å².